The number of carbonyl (C=O) groups is 3. The van der Waals surface area contributed by atoms with Crippen molar-refractivity contribution in [3.8, 4) is 5.75 Å². The maximum Gasteiger partial charge on any atom is 0.251 e. The Bertz CT molecular complexity index is 962. The molecule has 2 unspecified atom stereocenters. The van der Waals surface area contributed by atoms with Crippen LogP contribution >= 0.6 is 15.9 Å². The number of hydrogen-bond acceptors (Lipinski definition) is 5. The predicted molar refractivity (Wildman–Crippen MR) is 114 cm³/mol. The number of phenolic OH excluding ortho intramolecular Hbond substituents is 1. The molecule has 1 saturated heterocycles. The van der Waals surface area contributed by atoms with Crippen molar-refractivity contribution in [2.24, 2.45) is 0 Å². The van der Waals surface area contributed by atoms with Gasteiger partial charge in [-0.2, -0.15) is 0 Å². The zero-order valence-electron chi connectivity index (χ0n) is 16.7. The number of carbonyl (C=O) groups excluding carboxylic acids is 3. The highest BCUT2D eigenvalue weighted by Crippen LogP contribution is 2.23. The molecule has 0 bridgehead atoms. The third-order valence-corrected chi connectivity index (χ3v) is 5.85. The summed E-state index contributed by atoms with van der Waals surface area (Å²) in [6.45, 7) is 1.73. The van der Waals surface area contributed by atoms with E-state index < -0.39 is 23.4 Å². The molecular formula is C22H23BrN2O5. The SMILES string of the molecule is CN(C(=O)C(Cc1ccc(O)cc1)NC(=O)c1cccc(Br)c1)C1(C)COCC1=O. The molecule has 7 nitrogen and oxygen atoms in total. The highest BCUT2D eigenvalue weighted by Gasteiger charge is 2.45. The van der Waals surface area contributed by atoms with Crippen LogP contribution in [0.25, 0.3) is 0 Å². The van der Waals surface area contributed by atoms with E-state index in [-0.39, 0.29) is 31.2 Å². The number of aromatic hydroxyl groups is 1. The smallest absolute Gasteiger partial charge is 0.251 e. The standard InChI is InChI=1S/C22H23BrN2O5/c1-22(13-30-12-19(22)27)25(2)21(29)18(10-14-6-8-17(26)9-7-14)24-20(28)15-4-3-5-16(23)11-15/h3-9,11,18,26H,10,12-13H2,1-2H3,(H,24,28). The molecule has 1 fully saturated rings. The van der Waals surface area contributed by atoms with Crippen LogP contribution in [0.15, 0.2) is 53.0 Å². The minimum absolute atomic E-state index is 0.0405. The Morgan fingerprint density at radius 2 is 1.97 bits per heavy atom. The van der Waals surface area contributed by atoms with E-state index in [1.54, 1.807) is 50.4 Å². The number of phenols is 1. The summed E-state index contributed by atoms with van der Waals surface area (Å²) in [7, 11) is 1.55. The maximum atomic E-state index is 13.3. The first kappa shape index (κ1) is 22.0. The molecule has 3 rings (SSSR count). The van der Waals surface area contributed by atoms with Gasteiger partial charge in [0.1, 0.15) is 23.9 Å². The fraction of sp³-hybridized carbons (Fsp3) is 0.318. The second-order valence-electron chi connectivity index (χ2n) is 7.49. The third kappa shape index (κ3) is 4.71. The Kier molecular flexibility index (Phi) is 6.58. The van der Waals surface area contributed by atoms with Gasteiger partial charge >= 0.3 is 0 Å². The molecule has 2 amide bonds. The molecule has 2 aromatic rings. The Labute approximate surface area is 183 Å². The molecule has 0 radical (unpaired) electrons. The zero-order valence-corrected chi connectivity index (χ0v) is 18.3. The van der Waals surface area contributed by atoms with Crippen molar-refractivity contribution in [2.75, 3.05) is 20.3 Å². The molecule has 158 valence electrons. The van der Waals surface area contributed by atoms with Gasteiger partial charge in [0.25, 0.3) is 5.91 Å². The molecule has 8 heteroatoms. The van der Waals surface area contributed by atoms with Gasteiger partial charge in [0.05, 0.1) is 6.61 Å². The van der Waals surface area contributed by atoms with E-state index in [2.05, 4.69) is 21.2 Å². The van der Waals surface area contributed by atoms with E-state index in [0.717, 1.165) is 10.0 Å². The summed E-state index contributed by atoms with van der Waals surface area (Å²) in [5.74, 6) is -0.869. The molecule has 2 N–H and O–H groups in total. The lowest BCUT2D eigenvalue weighted by atomic mass is 9.96. The highest BCUT2D eigenvalue weighted by atomic mass is 79.9. The normalized spacial score (nSPS) is 19.4. The summed E-state index contributed by atoms with van der Waals surface area (Å²) in [6.07, 6.45) is 0.203. The Morgan fingerprint density at radius 1 is 1.27 bits per heavy atom. The van der Waals surface area contributed by atoms with Gasteiger partial charge in [-0.25, -0.2) is 0 Å². The van der Waals surface area contributed by atoms with Gasteiger partial charge in [0, 0.05) is 23.5 Å². The lowest BCUT2D eigenvalue weighted by Crippen LogP contribution is -2.58. The molecule has 1 heterocycles. The van der Waals surface area contributed by atoms with Crippen molar-refractivity contribution in [1.29, 1.82) is 0 Å². The van der Waals surface area contributed by atoms with E-state index in [4.69, 9.17) is 4.74 Å². The van der Waals surface area contributed by atoms with Crippen LogP contribution in [0.2, 0.25) is 0 Å². The monoisotopic (exact) mass is 474 g/mol. The Balaban J connectivity index is 1.86. The first-order chi connectivity index (χ1) is 14.2. The molecule has 1 aliphatic heterocycles. The Morgan fingerprint density at radius 3 is 2.57 bits per heavy atom. The van der Waals surface area contributed by atoms with Gasteiger partial charge in [-0.05, 0) is 42.8 Å². The average Bonchev–Trinajstić information content (AvgIpc) is 3.07. The maximum absolute atomic E-state index is 13.3. The largest absolute Gasteiger partial charge is 0.508 e. The van der Waals surface area contributed by atoms with Crippen LogP contribution in [0.4, 0.5) is 0 Å². The van der Waals surface area contributed by atoms with Crippen LogP contribution in [0.5, 0.6) is 5.75 Å². The van der Waals surface area contributed by atoms with Crippen LogP contribution in [0, 0.1) is 0 Å². The topological polar surface area (TPSA) is 95.9 Å². The van der Waals surface area contributed by atoms with Gasteiger partial charge in [-0.3, -0.25) is 14.4 Å². The van der Waals surface area contributed by atoms with Crippen molar-refractivity contribution in [2.45, 2.75) is 24.9 Å². The quantitative estimate of drug-likeness (QED) is 0.669. The third-order valence-electron chi connectivity index (χ3n) is 5.35. The number of halogens is 1. The second-order valence-corrected chi connectivity index (χ2v) is 8.41. The molecule has 0 saturated carbocycles. The van der Waals surface area contributed by atoms with E-state index in [0.29, 0.717) is 5.56 Å². The van der Waals surface area contributed by atoms with Crippen LogP contribution in [0.1, 0.15) is 22.8 Å². The van der Waals surface area contributed by atoms with Gasteiger partial charge in [-0.15, -0.1) is 0 Å². The number of nitrogens with zero attached hydrogens (tertiary/aromatic N) is 1. The van der Waals surface area contributed by atoms with Gasteiger partial charge in [0.2, 0.25) is 5.91 Å². The van der Waals surface area contributed by atoms with E-state index >= 15 is 0 Å². The van der Waals surface area contributed by atoms with Crippen LogP contribution in [-0.4, -0.2) is 59.4 Å². The lowest BCUT2D eigenvalue weighted by Gasteiger charge is -2.35. The summed E-state index contributed by atoms with van der Waals surface area (Å²) in [5.41, 5.74) is 0.0837. The zero-order chi connectivity index (χ0) is 21.9. The minimum atomic E-state index is -1.08. The molecule has 0 spiro atoms. The number of rotatable bonds is 6. The number of likely N-dealkylation sites (N-methyl/N-ethyl adjacent to an activating group) is 1. The van der Waals surface area contributed by atoms with Crippen molar-refractivity contribution in [1.82, 2.24) is 10.2 Å². The van der Waals surface area contributed by atoms with Gasteiger partial charge in [0.15, 0.2) is 5.78 Å². The summed E-state index contributed by atoms with van der Waals surface area (Å²) < 4.78 is 6.00. The molecule has 2 aromatic carbocycles. The fourth-order valence-electron chi connectivity index (χ4n) is 3.28. The molecule has 1 aliphatic rings. The first-order valence-electron chi connectivity index (χ1n) is 9.44. The summed E-state index contributed by atoms with van der Waals surface area (Å²) in [6, 6.07) is 12.4. The van der Waals surface area contributed by atoms with E-state index in [1.165, 1.54) is 17.0 Å². The molecule has 30 heavy (non-hydrogen) atoms. The number of ketones is 1. The number of ether oxygens (including phenoxy) is 1. The van der Waals surface area contributed by atoms with Crippen molar-refractivity contribution in [3.63, 3.8) is 0 Å². The Hall–Kier alpha value is -2.71. The summed E-state index contributed by atoms with van der Waals surface area (Å²) in [5, 5.41) is 12.3. The van der Waals surface area contributed by atoms with Gasteiger partial charge in [-0.1, -0.05) is 34.1 Å². The van der Waals surface area contributed by atoms with Crippen molar-refractivity contribution >= 4 is 33.5 Å². The highest BCUT2D eigenvalue weighted by molar-refractivity contribution is 9.10. The minimum Gasteiger partial charge on any atom is -0.508 e. The number of benzene rings is 2. The van der Waals surface area contributed by atoms with E-state index in [9.17, 15) is 19.5 Å². The van der Waals surface area contributed by atoms with Crippen LogP contribution in [-0.2, 0) is 20.7 Å². The molecule has 0 aliphatic carbocycles. The number of Topliss-reactive ketones (excluding diaryl/α,β-unsaturated/α-hetero) is 1. The summed E-state index contributed by atoms with van der Waals surface area (Å²) in [4.78, 5) is 39.8. The summed E-state index contributed by atoms with van der Waals surface area (Å²) >= 11 is 3.34. The lowest BCUT2D eigenvalue weighted by molar-refractivity contribution is -0.142. The number of hydrogen-bond donors (Lipinski definition) is 2. The van der Waals surface area contributed by atoms with Gasteiger partial charge < -0.3 is 20.1 Å². The fourth-order valence-corrected chi connectivity index (χ4v) is 3.68. The number of amides is 2. The van der Waals surface area contributed by atoms with Crippen molar-refractivity contribution in [3.05, 3.63) is 64.1 Å². The molecular weight excluding hydrogens is 452 g/mol. The van der Waals surface area contributed by atoms with E-state index in [1.807, 2.05) is 0 Å². The first-order valence-corrected chi connectivity index (χ1v) is 10.2. The van der Waals surface area contributed by atoms with Crippen LogP contribution < -0.4 is 5.32 Å². The van der Waals surface area contributed by atoms with Crippen LogP contribution in [0.3, 0.4) is 0 Å². The number of nitrogens with one attached hydrogen (secondary N) is 1. The molecule has 0 aromatic heterocycles. The predicted octanol–water partition coefficient (Wildman–Crippen LogP) is 2.31. The van der Waals surface area contributed by atoms with Crippen molar-refractivity contribution < 1.29 is 24.2 Å². The second kappa shape index (κ2) is 8.97. The average molecular weight is 475 g/mol. The molecule has 2 atom stereocenters.